The molecule has 0 fully saturated rings. The van der Waals surface area contributed by atoms with Crippen molar-refractivity contribution >= 4 is 38.3 Å². The minimum absolute atomic E-state index is 0.0863. The highest BCUT2D eigenvalue weighted by atomic mass is 32.1. The average Bonchev–Trinajstić information content (AvgIpc) is 3.07. The quantitative estimate of drug-likeness (QED) is 0.573. The van der Waals surface area contributed by atoms with Crippen LogP contribution < -0.4 is 11.3 Å². The average molecular weight is 298 g/mol. The number of anilines is 1. The largest absolute Gasteiger partial charge is 0.439 e. The fourth-order valence-corrected chi connectivity index (χ4v) is 2.99. The summed E-state index contributed by atoms with van der Waals surface area (Å²) in [5.74, 6) is 0.454. The number of nitrogens with zero attached hydrogens (tertiary/aromatic N) is 3. The van der Waals surface area contributed by atoms with Gasteiger partial charge in [0.2, 0.25) is 5.89 Å². The van der Waals surface area contributed by atoms with Crippen LogP contribution in [0, 0.1) is 0 Å². The number of oxazole rings is 1. The Balaban J connectivity index is 1.78. The van der Waals surface area contributed by atoms with Crippen LogP contribution in [-0.2, 0) is 6.54 Å². The number of fused-ring (bicyclic) bond motifs is 2. The predicted octanol–water partition coefficient (Wildman–Crippen LogP) is 2.23. The van der Waals surface area contributed by atoms with E-state index in [9.17, 15) is 4.79 Å². The molecular weight excluding hydrogens is 288 g/mol. The van der Waals surface area contributed by atoms with Gasteiger partial charge in [-0.15, -0.1) is 11.3 Å². The van der Waals surface area contributed by atoms with Crippen LogP contribution in [0.2, 0.25) is 0 Å². The maximum Gasteiger partial charge on any atom is 0.271 e. The normalized spacial score (nSPS) is 11.4. The first-order valence-electron chi connectivity index (χ1n) is 6.28. The summed E-state index contributed by atoms with van der Waals surface area (Å²) in [4.78, 5) is 20.9. The van der Waals surface area contributed by atoms with Crippen molar-refractivity contribution in [3.63, 3.8) is 0 Å². The molecule has 7 heteroatoms. The number of nitrogen functional groups attached to an aromatic ring is 1. The van der Waals surface area contributed by atoms with Gasteiger partial charge in [-0.1, -0.05) is 0 Å². The molecule has 0 aliphatic rings. The molecule has 0 spiro atoms. The number of benzene rings is 1. The summed E-state index contributed by atoms with van der Waals surface area (Å²) in [7, 11) is 0. The van der Waals surface area contributed by atoms with E-state index in [4.69, 9.17) is 10.2 Å². The summed E-state index contributed by atoms with van der Waals surface area (Å²) in [5, 5.41) is 1.85. The monoisotopic (exact) mass is 298 g/mol. The van der Waals surface area contributed by atoms with Crippen LogP contribution in [0.1, 0.15) is 5.89 Å². The topological polar surface area (TPSA) is 86.9 Å². The molecule has 0 saturated heterocycles. The standard InChI is InChI=1S/C14H10N4O2S/c15-8-1-2-11-10(5-8)17-12(20-11)6-18-7-16-9-3-4-21-13(9)14(18)19/h1-5,7H,6,15H2. The van der Waals surface area contributed by atoms with Gasteiger partial charge >= 0.3 is 0 Å². The molecule has 6 nitrogen and oxygen atoms in total. The molecule has 1 aromatic carbocycles. The number of rotatable bonds is 2. The molecule has 0 atom stereocenters. The fraction of sp³-hybridized carbons (Fsp3) is 0.0714. The van der Waals surface area contributed by atoms with Crippen molar-refractivity contribution in [3.8, 4) is 0 Å². The van der Waals surface area contributed by atoms with E-state index in [-0.39, 0.29) is 12.1 Å². The number of nitrogens with two attached hydrogens (primary N) is 1. The Morgan fingerprint density at radius 2 is 2.19 bits per heavy atom. The summed E-state index contributed by atoms with van der Waals surface area (Å²) in [6.07, 6.45) is 1.51. The number of aromatic nitrogens is 3. The van der Waals surface area contributed by atoms with Gasteiger partial charge in [0.05, 0.1) is 11.8 Å². The molecule has 0 aliphatic carbocycles. The first-order chi connectivity index (χ1) is 10.2. The number of thiophene rings is 1. The van der Waals surface area contributed by atoms with Gasteiger partial charge in [0, 0.05) is 5.69 Å². The van der Waals surface area contributed by atoms with Crippen molar-refractivity contribution in [1.29, 1.82) is 0 Å². The molecule has 0 radical (unpaired) electrons. The summed E-state index contributed by atoms with van der Waals surface area (Å²) in [6.45, 7) is 0.244. The molecule has 3 aromatic heterocycles. The van der Waals surface area contributed by atoms with Crippen molar-refractivity contribution in [3.05, 3.63) is 52.2 Å². The Morgan fingerprint density at radius 3 is 3.10 bits per heavy atom. The Morgan fingerprint density at radius 1 is 1.29 bits per heavy atom. The lowest BCUT2D eigenvalue weighted by Gasteiger charge is -2.00. The van der Waals surface area contributed by atoms with E-state index in [1.54, 1.807) is 18.2 Å². The maximum atomic E-state index is 12.3. The van der Waals surface area contributed by atoms with Gasteiger partial charge in [-0.2, -0.15) is 0 Å². The third kappa shape index (κ3) is 1.98. The Labute approximate surface area is 122 Å². The van der Waals surface area contributed by atoms with Gasteiger partial charge < -0.3 is 10.2 Å². The van der Waals surface area contributed by atoms with Crippen molar-refractivity contribution in [2.24, 2.45) is 0 Å². The third-order valence-corrected chi connectivity index (χ3v) is 4.09. The second-order valence-corrected chi connectivity index (χ2v) is 5.56. The third-order valence-electron chi connectivity index (χ3n) is 3.20. The summed E-state index contributed by atoms with van der Waals surface area (Å²) < 4.78 is 7.75. The molecule has 0 bridgehead atoms. The highest BCUT2D eigenvalue weighted by Crippen LogP contribution is 2.19. The zero-order valence-electron chi connectivity index (χ0n) is 10.8. The van der Waals surface area contributed by atoms with Crippen molar-refractivity contribution < 1.29 is 4.42 Å². The van der Waals surface area contributed by atoms with Crippen molar-refractivity contribution in [1.82, 2.24) is 14.5 Å². The van der Waals surface area contributed by atoms with E-state index in [2.05, 4.69) is 9.97 Å². The Bertz CT molecular complexity index is 1010. The molecule has 0 aliphatic heterocycles. The highest BCUT2D eigenvalue weighted by Gasteiger charge is 2.10. The molecule has 0 unspecified atom stereocenters. The second-order valence-electron chi connectivity index (χ2n) is 4.65. The SMILES string of the molecule is Nc1ccc2oc(Cn3cnc4ccsc4c3=O)nc2c1. The van der Waals surface area contributed by atoms with Crippen molar-refractivity contribution in [2.45, 2.75) is 6.54 Å². The van der Waals surface area contributed by atoms with E-state index in [0.29, 0.717) is 32.9 Å². The molecule has 3 heterocycles. The van der Waals surface area contributed by atoms with Crippen LogP contribution in [0.25, 0.3) is 21.3 Å². The van der Waals surface area contributed by atoms with Crippen LogP contribution in [0.3, 0.4) is 0 Å². The lowest BCUT2D eigenvalue weighted by Crippen LogP contribution is -2.20. The van der Waals surface area contributed by atoms with Gasteiger partial charge in [-0.3, -0.25) is 9.36 Å². The summed E-state index contributed by atoms with van der Waals surface area (Å²) in [5.41, 5.74) is 8.30. The first-order valence-corrected chi connectivity index (χ1v) is 7.16. The van der Waals surface area contributed by atoms with Crippen LogP contribution in [0.5, 0.6) is 0 Å². The van der Waals surface area contributed by atoms with E-state index in [1.807, 2.05) is 11.4 Å². The summed E-state index contributed by atoms with van der Waals surface area (Å²) in [6, 6.07) is 7.09. The number of hydrogen-bond donors (Lipinski definition) is 1. The van der Waals surface area contributed by atoms with Crippen LogP contribution >= 0.6 is 11.3 Å². The number of hydrogen-bond acceptors (Lipinski definition) is 6. The minimum atomic E-state index is -0.0863. The van der Waals surface area contributed by atoms with Crippen LogP contribution in [0.4, 0.5) is 5.69 Å². The Hall–Kier alpha value is -2.67. The molecule has 0 amide bonds. The molecule has 4 aromatic rings. The van der Waals surface area contributed by atoms with Crippen molar-refractivity contribution in [2.75, 3.05) is 5.73 Å². The molecule has 4 rings (SSSR count). The maximum absolute atomic E-state index is 12.3. The van der Waals surface area contributed by atoms with E-state index < -0.39 is 0 Å². The summed E-state index contributed by atoms with van der Waals surface area (Å²) >= 11 is 1.38. The zero-order valence-corrected chi connectivity index (χ0v) is 11.6. The van der Waals surface area contributed by atoms with E-state index >= 15 is 0 Å². The molecular formula is C14H10N4O2S. The van der Waals surface area contributed by atoms with Gasteiger partial charge in [0.25, 0.3) is 5.56 Å². The molecule has 21 heavy (non-hydrogen) atoms. The molecule has 2 N–H and O–H groups in total. The molecule has 104 valence electrons. The van der Waals surface area contributed by atoms with Gasteiger partial charge in [0.15, 0.2) is 5.58 Å². The lowest BCUT2D eigenvalue weighted by molar-refractivity contribution is 0.503. The Kier molecular flexibility index (Phi) is 2.55. The first kappa shape index (κ1) is 12.1. The van der Waals surface area contributed by atoms with Gasteiger partial charge in [0.1, 0.15) is 16.8 Å². The van der Waals surface area contributed by atoms with E-state index in [0.717, 1.165) is 0 Å². The second kappa shape index (κ2) is 4.42. The zero-order chi connectivity index (χ0) is 14.4. The smallest absolute Gasteiger partial charge is 0.271 e. The van der Waals surface area contributed by atoms with Crippen LogP contribution in [0.15, 0.2) is 45.2 Å². The fourth-order valence-electron chi connectivity index (χ4n) is 2.20. The van der Waals surface area contributed by atoms with E-state index in [1.165, 1.54) is 22.2 Å². The highest BCUT2D eigenvalue weighted by molar-refractivity contribution is 7.17. The lowest BCUT2D eigenvalue weighted by atomic mass is 10.3. The van der Waals surface area contributed by atoms with Gasteiger partial charge in [-0.05, 0) is 29.6 Å². The molecule has 0 saturated carbocycles. The van der Waals surface area contributed by atoms with Crippen LogP contribution in [-0.4, -0.2) is 14.5 Å². The minimum Gasteiger partial charge on any atom is -0.439 e. The predicted molar refractivity (Wildman–Crippen MR) is 81.4 cm³/mol. The van der Waals surface area contributed by atoms with Gasteiger partial charge in [-0.25, -0.2) is 9.97 Å².